The third-order valence-electron chi connectivity index (χ3n) is 3.79. The summed E-state index contributed by atoms with van der Waals surface area (Å²) >= 11 is 0. The van der Waals surface area contributed by atoms with Gasteiger partial charge in [-0.3, -0.25) is 0 Å². The number of aliphatic hydroxyl groups is 1. The first-order chi connectivity index (χ1) is 9.45. The molecule has 0 saturated carbocycles. The van der Waals surface area contributed by atoms with Crippen molar-refractivity contribution in [3.8, 4) is 5.75 Å². The van der Waals surface area contributed by atoms with E-state index in [0.717, 1.165) is 16.5 Å². The van der Waals surface area contributed by atoms with Crippen LogP contribution in [0.5, 0.6) is 5.75 Å². The van der Waals surface area contributed by atoms with Gasteiger partial charge in [-0.15, -0.1) is 0 Å². The maximum Gasteiger partial charge on any atom is 0.119 e. The maximum absolute atomic E-state index is 9.27. The van der Waals surface area contributed by atoms with Crippen molar-refractivity contribution in [2.75, 3.05) is 13.7 Å². The van der Waals surface area contributed by atoms with Crippen molar-refractivity contribution < 1.29 is 9.84 Å². The maximum atomic E-state index is 9.27. The highest BCUT2D eigenvalue weighted by atomic mass is 16.5. The first-order valence-corrected chi connectivity index (χ1v) is 6.93. The van der Waals surface area contributed by atoms with Crippen molar-refractivity contribution in [1.29, 1.82) is 0 Å². The van der Waals surface area contributed by atoms with Crippen LogP contribution in [-0.2, 0) is 0 Å². The van der Waals surface area contributed by atoms with Gasteiger partial charge in [0.15, 0.2) is 0 Å². The Balaban J connectivity index is 2.44. The fraction of sp³-hybridized carbons (Fsp3) is 0.412. The van der Waals surface area contributed by atoms with E-state index in [9.17, 15) is 5.11 Å². The van der Waals surface area contributed by atoms with E-state index in [1.165, 1.54) is 5.56 Å². The van der Waals surface area contributed by atoms with E-state index in [1.807, 2.05) is 26.0 Å². The van der Waals surface area contributed by atoms with Crippen LogP contribution in [0, 0.1) is 0 Å². The summed E-state index contributed by atoms with van der Waals surface area (Å²) in [6.45, 7) is 4.16. The van der Waals surface area contributed by atoms with Crippen LogP contribution in [0.2, 0.25) is 0 Å². The average molecular weight is 273 g/mol. The molecule has 1 unspecified atom stereocenters. The van der Waals surface area contributed by atoms with Crippen molar-refractivity contribution >= 4 is 10.8 Å². The van der Waals surface area contributed by atoms with Gasteiger partial charge >= 0.3 is 0 Å². The molecule has 0 aliphatic heterocycles. The van der Waals surface area contributed by atoms with Crippen LogP contribution >= 0.6 is 0 Å². The highest BCUT2D eigenvalue weighted by Gasteiger charge is 2.26. The molecule has 3 nitrogen and oxygen atoms in total. The molecular formula is C17H23NO2. The Morgan fingerprint density at radius 2 is 1.80 bits per heavy atom. The fourth-order valence-corrected chi connectivity index (χ4v) is 2.68. The Morgan fingerprint density at radius 1 is 1.15 bits per heavy atom. The molecule has 0 aliphatic carbocycles. The summed E-state index contributed by atoms with van der Waals surface area (Å²) < 4.78 is 5.24. The Bertz CT molecular complexity index is 587. The standard InChI is InChI=1S/C17H23NO2/c1-17(2,18)16(8-9-19)14-5-4-13-11-15(20-3)7-6-12(13)10-14/h4-7,10-11,16,19H,8-9,18H2,1-3H3. The fourth-order valence-electron chi connectivity index (χ4n) is 2.68. The quantitative estimate of drug-likeness (QED) is 0.880. The van der Waals surface area contributed by atoms with Gasteiger partial charge in [0.05, 0.1) is 7.11 Å². The second-order valence-corrected chi connectivity index (χ2v) is 5.86. The molecule has 0 aliphatic rings. The Kier molecular flexibility index (Phi) is 4.31. The van der Waals surface area contributed by atoms with E-state index < -0.39 is 0 Å². The molecule has 0 aromatic heterocycles. The zero-order valence-corrected chi connectivity index (χ0v) is 12.4. The normalized spacial score (nSPS) is 13.4. The highest BCUT2D eigenvalue weighted by molar-refractivity contribution is 5.84. The Labute approximate surface area is 120 Å². The number of benzene rings is 2. The summed E-state index contributed by atoms with van der Waals surface area (Å²) in [5.41, 5.74) is 7.07. The van der Waals surface area contributed by atoms with Crippen molar-refractivity contribution in [3.63, 3.8) is 0 Å². The highest BCUT2D eigenvalue weighted by Crippen LogP contribution is 2.32. The molecule has 2 aromatic rings. The first kappa shape index (κ1) is 14.8. The van der Waals surface area contributed by atoms with Crippen LogP contribution < -0.4 is 10.5 Å². The molecule has 0 amide bonds. The molecule has 0 fully saturated rings. The molecule has 3 N–H and O–H groups in total. The van der Waals surface area contributed by atoms with Gasteiger partial charge in [-0.05, 0) is 48.7 Å². The smallest absolute Gasteiger partial charge is 0.119 e. The molecule has 0 radical (unpaired) electrons. The van der Waals surface area contributed by atoms with Gasteiger partial charge in [0.25, 0.3) is 0 Å². The predicted octanol–water partition coefficient (Wildman–Crippen LogP) is 3.05. The third kappa shape index (κ3) is 3.11. The predicted molar refractivity (Wildman–Crippen MR) is 83.2 cm³/mol. The van der Waals surface area contributed by atoms with Gasteiger partial charge in [0.2, 0.25) is 0 Å². The van der Waals surface area contributed by atoms with Gasteiger partial charge in [-0.2, -0.15) is 0 Å². The van der Waals surface area contributed by atoms with Crippen LogP contribution in [0.15, 0.2) is 36.4 Å². The van der Waals surface area contributed by atoms with Crippen LogP contribution in [0.4, 0.5) is 0 Å². The second kappa shape index (κ2) is 5.81. The third-order valence-corrected chi connectivity index (χ3v) is 3.79. The lowest BCUT2D eigenvalue weighted by Crippen LogP contribution is -2.39. The number of hydrogen-bond acceptors (Lipinski definition) is 3. The molecule has 2 aromatic carbocycles. The van der Waals surface area contributed by atoms with Gasteiger partial charge in [0.1, 0.15) is 5.75 Å². The van der Waals surface area contributed by atoms with E-state index in [1.54, 1.807) is 7.11 Å². The summed E-state index contributed by atoms with van der Waals surface area (Å²) in [7, 11) is 1.67. The van der Waals surface area contributed by atoms with E-state index in [-0.39, 0.29) is 18.1 Å². The number of nitrogens with two attached hydrogens (primary N) is 1. The van der Waals surface area contributed by atoms with E-state index in [0.29, 0.717) is 6.42 Å². The number of ether oxygens (including phenoxy) is 1. The van der Waals surface area contributed by atoms with E-state index in [4.69, 9.17) is 10.5 Å². The topological polar surface area (TPSA) is 55.5 Å². The first-order valence-electron chi connectivity index (χ1n) is 6.93. The monoisotopic (exact) mass is 273 g/mol. The molecule has 20 heavy (non-hydrogen) atoms. The lowest BCUT2D eigenvalue weighted by molar-refractivity contribution is 0.250. The molecule has 1 atom stereocenters. The van der Waals surface area contributed by atoms with Gasteiger partial charge in [0, 0.05) is 18.1 Å². The Morgan fingerprint density at radius 3 is 2.40 bits per heavy atom. The van der Waals surface area contributed by atoms with Crippen molar-refractivity contribution in [2.24, 2.45) is 5.73 Å². The minimum absolute atomic E-state index is 0.138. The minimum atomic E-state index is -0.358. The summed E-state index contributed by atoms with van der Waals surface area (Å²) in [6, 6.07) is 12.4. The molecular weight excluding hydrogens is 250 g/mol. The number of methoxy groups -OCH3 is 1. The molecule has 3 heteroatoms. The molecule has 0 spiro atoms. The average Bonchev–Trinajstić information content (AvgIpc) is 2.42. The lowest BCUT2D eigenvalue weighted by atomic mass is 9.80. The van der Waals surface area contributed by atoms with Crippen molar-refractivity contribution in [3.05, 3.63) is 42.0 Å². The molecule has 108 valence electrons. The van der Waals surface area contributed by atoms with Gasteiger partial charge < -0.3 is 15.6 Å². The van der Waals surface area contributed by atoms with Crippen molar-refractivity contribution in [1.82, 2.24) is 0 Å². The molecule has 0 bridgehead atoms. The minimum Gasteiger partial charge on any atom is -0.497 e. The molecule has 2 rings (SSSR count). The number of aliphatic hydroxyl groups excluding tert-OH is 1. The van der Waals surface area contributed by atoms with Crippen molar-refractivity contribution in [2.45, 2.75) is 31.7 Å². The lowest BCUT2D eigenvalue weighted by Gasteiger charge is -2.31. The number of hydrogen-bond donors (Lipinski definition) is 2. The second-order valence-electron chi connectivity index (χ2n) is 5.86. The zero-order chi connectivity index (χ0) is 14.8. The number of rotatable bonds is 5. The van der Waals surface area contributed by atoms with Crippen LogP contribution in [0.25, 0.3) is 10.8 Å². The molecule has 0 saturated heterocycles. The largest absolute Gasteiger partial charge is 0.497 e. The van der Waals surface area contributed by atoms with Crippen LogP contribution in [-0.4, -0.2) is 24.4 Å². The Hall–Kier alpha value is -1.58. The van der Waals surface area contributed by atoms with Gasteiger partial charge in [-0.1, -0.05) is 24.3 Å². The summed E-state index contributed by atoms with van der Waals surface area (Å²) in [5, 5.41) is 11.6. The van der Waals surface area contributed by atoms with Crippen LogP contribution in [0.3, 0.4) is 0 Å². The molecule has 0 heterocycles. The van der Waals surface area contributed by atoms with Gasteiger partial charge in [-0.25, -0.2) is 0 Å². The van der Waals surface area contributed by atoms with E-state index >= 15 is 0 Å². The summed E-state index contributed by atoms with van der Waals surface area (Å²) in [5.74, 6) is 0.996. The number of fused-ring (bicyclic) bond motifs is 1. The van der Waals surface area contributed by atoms with E-state index in [2.05, 4.69) is 24.3 Å². The van der Waals surface area contributed by atoms with Crippen LogP contribution in [0.1, 0.15) is 31.7 Å². The summed E-state index contributed by atoms with van der Waals surface area (Å²) in [6.07, 6.45) is 0.672. The zero-order valence-electron chi connectivity index (χ0n) is 12.4. The summed E-state index contributed by atoms with van der Waals surface area (Å²) in [4.78, 5) is 0. The SMILES string of the molecule is COc1ccc2cc(C(CCO)C(C)(C)N)ccc2c1.